The minimum absolute atomic E-state index is 0.861. The number of benzene rings is 3. The van der Waals surface area contributed by atoms with Gasteiger partial charge in [-0.1, -0.05) is 91.0 Å². The lowest BCUT2D eigenvalue weighted by molar-refractivity contribution is 0.821. The molecule has 3 aromatic carbocycles. The molecule has 0 atom stereocenters. The van der Waals surface area contributed by atoms with Gasteiger partial charge in [-0.3, -0.25) is 0 Å². The summed E-state index contributed by atoms with van der Waals surface area (Å²) in [5, 5.41) is 3.78. The van der Waals surface area contributed by atoms with Crippen LogP contribution in [-0.4, -0.2) is 4.98 Å². The van der Waals surface area contributed by atoms with Gasteiger partial charge < -0.3 is 0 Å². The van der Waals surface area contributed by atoms with E-state index >= 15 is 0 Å². The van der Waals surface area contributed by atoms with Crippen LogP contribution < -0.4 is 0 Å². The Labute approximate surface area is 178 Å². The number of fused-ring (bicyclic) bond motifs is 2. The molecule has 1 heteroatoms. The molecule has 4 aromatic rings. The van der Waals surface area contributed by atoms with Crippen molar-refractivity contribution in [3.63, 3.8) is 0 Å². The fourth-order valence-corrected chi connectivity index (χ4v) is 4.22. The minimum atomic E-state index is 0.861. The zero-order valence-corrected chi connectivity index (χ0v) is 17.1. The molecule has 0 spiro atoms. The molecule has 1 aliphatic carbocycles. The lowest BCUT2D eigenvalue weighted by Crippen LogP contribution is -1.96. The molecule has 0 saturated heterocycles. The highest BCUT2D eigenvalue weighted by molar-refractivity contribution is 5.88. The Morgan fingerprint density at radius 1 is 0.833 bits per heavy atom. The zero-order valence-electron chi connectivity index (χ0n) is 17.1. The van der Waals surface area contributed by atoms with Crippen LogP contribution >= 0.6 is 0 Å². The lowest BCUT2D eigenvalue weighted by Gasteiger charge is -2.12. The Bertz CT molecular complexity index is 1280. The number of allylic oxidation sites excluding steroid dienone is 6. The summed E-state index contributed by atoms with van der Waals surface area (Å²) in [4.78, 5) is 5.00. The highest BCUT2D eigenvalue weighted by atomic mass is 14.7. The first-order valence-corrected chi connectivity index (χ1v) is 10.8. The third-order valence-electron chi connectivity index (χ3n) is 5.86. The summed E-state index contributed by atoms with van der Waals surface area (Å²) in [6.45, 7) is 0. The van der Waals surface area contributed by atoms with Crippen LogP contribution in [-0.2, 0) is 6.42 Å². The van der Waals surface area contributed by atoms with Crippen LogP contribution in [0.4, 0.5) is 0 Å². The van der Waals surface area contributed by atoms with Crippen LogP contribution in [0.25, 0.3) is 27.2 Å². The Balaban J connectivity index is 1.60. The summed E-state index contributed by atoms with van der Waals surface area (Å²) in [6.07, 6.45) is 13.6. The van der Waals surface area contributed by atoms with Crippen molar-refractivity contribution in [1.82, 2.24) is 4.98 Å². The number of para-hydroxylation sites is 1. The van der Waals surface area contributed by atoms with Gasteiger partial charge in [-0.2, -0.15) is 0 Å². The third kappa shape index (κ3) is 3.97. The number of hydrogen-bond donors (Lipinski definition) is 0. The van der Waals surface area contributed by atoms with Crippen molar-refractivity contribution in [3.05, 3.63) is 120 Å². The van der Waals surface area contributed by atoms with Gasteiger partial charge in [0.2, 0.25) is 0 Å². The fourth-order valence-electron chi connectivity index (χ4n) is 4.22. The van der Waals surface area contributed by atoms with Crippen molar-refractivity contribution in [2.75, 3.05) is 0 Å². The van der Waals surface area contributed by atoms with Gasteiger partial charge in [0, 0.05) is 11.8 Å². The molecular formula is C29H25N. The molecule has 0 fully saturated rings. The highest BCUT2D eigenvalue weighted by Gasteiger charge is 2.09. The SMILES string of the molecule is C1=C/C(=C/C=C(\Cc2cccc3ccccc23)c2ccc3ccccc3n2)CCC1. The van der Waals surface area contributed by atoms with Gasteiger partial charge in [0.05, 0.1) is 11.2 Å². The van der Waals surface area contributed by atoms with E-state index in [1.165, 1.54) is 45.7 Å². The highest BCUT2D eigenvalue weighted by Crippen LogP contribution is 2.27. The summed E-state index contributed by atoms with van der Waals surface area (Å²) in [6, 6.07) is 27.9. The van der Waals surface area contributed by atoms with Crippen molar-refractivity contribution < 1.29 is 0 Å². The summed E-state index contributed by atoms with van der Waals surface area (Å²) in [7, 11) is 0. The summed E-state index contributed by atoms with van der Waals surface area (Å²) in [5.41, 5.74) is 6.09. The van der Waals surface area contributed by atoms with Gasteiger partial charge >= 0.3 is 0 Å². The molecule has 0 unspecified atom stereocenters. The predicted molar refractivity (Wildman–Crippen MR) is 128 cm³/mol. The van der Waals surface area contributed by atoms with E-state index in [1.807, 2.05) is 0 Å². The summed E-state index contributed by atoms with van der Waals surface area (Å²) >= 11 is 0. The Kier molecular flexibility index (Phi) is 5.26. The van der Waals surface area contributed by atoms with E-state index in [0.29, 0.717) is 0 Å². The van der Waals surface area contributed by atoms with E-state index in [-0.39, 0.29) is 0 Å². The fraction of sp³-hybridized carbons (Fsp3) is 0.138. The monoisotopic (exact) mass is 387 g/mol. The van der Waals surface area contributed by atoms with Crippen LogP contribution in [0.5, 0.6) is 0 Å². The van der Waals surface area contributed by atoms with Gasteiger partial charge in [-0.05, 0) is 58.9 Å². The summed E-state index contributed by atoms with van der Waals surface area (Å²) < 4.78 is 0. The Morgan fingerprint density at radius 3 is 2.57 bits per heavy atom. The molecule has 5 rings (SSSR count). The second-order valence-corrected chi connectivity index (χ2v) is 7.93. The average Bonchev–Trinajstić information content (AvgIpc) is 2.82. The van der Waals surface area contributed by atoms with Crippen molar-refractivity contribution in [1.29, 1.82) is 0 Å². The second kappa shape index (κ2) is 8.51. The maximum Gasteiger partial charge on any atom is 0.0709 e. The zero-order chi connectivity index (χ0) is 20.2. The molecule has 0 bridgehead atoms. The molecule has 146 valence electrons. The van der Waals surface area contributed by atoms with Gasteiger partial charge in [0.1, 0.15) is 0 Å². The molecule has 1 nitrogen and oxygen atoms in total. The van der Waals surface area contributed by atoms with Crippen LogP contribution in [0.15, 0.2) is 109 Å². The first kappa shape index (κ1) is 18.6. The van der Waals surface area contributed by atoms with Gasteiger partial charge in [0.25, 0.3) is 0 Å². The number of nitrogens with zero attached hydrogens (tertiary/aromatic N) is 1. The van der Waals surface area contributed by atoms with Crippen molar-refractivity contribution in [2.45, 2.75) is 25.7 Å². The number of aromatic nitrogens is 1. The maximum absolute atomic E-state index is 5.00. The van der Waals surface area contributed by atoms with E-state index in [1.54, 1.807) is 0 Å². The largest absolute Gasteiger partial charge is 0.248 e. The predicted octanol–water partition coefficient (Wildman–Crippen LogP) is 7.68. The van der Waals surface area contributed by atoms with Gasteiger partial charge in [0.15, 0.2) is 0 Å². The lowest BCUT2D eigenvalue weighted by atomic mass is 9.95. The third-order valence-corrected chi connectivity index (χ3v) is 5.86. The molecule has 0 radical (unpaired) electrons. The molecule has 1 heterocycles. The maximum atomic E-state index is 5.00. The molecule has 0 amide bonds. The molecule has 0 aliphatic heterocycles. The molecule has 1 aromatic heterocycles. The van der Waals surface area contributed by atoms with Crippen LogP contribution in [0, 0.1) is 0 Å². The number of rotatable bonds is 4. The number of pyridine rings is 1. The smallest absolute Gasteiger partial charge is 0.0709 e. The van der Waals surface area contributed by atoms with Crippen molar-refractivity contribution in [2.24, 2.45) is 0 Å². The molecular weight excluding hydrogens is 362 g/mol. The second-order valence-electron chi connectivity index (χ2n) is 7.93. The Morgan fingerprint density at radius 2 is 1.67 bits per heavy atom. The Hall–Kier alpha value is -3.45. The van der Waals surface area contributed by atoms with Crippen LogP contribution in [0.1, 0.15) is 30.5 Å². The molecule has 1 aliphatic rings. The standard InChI is InChI=1S/C29H25N/c1-2-9-22(10-3-1)17-18-26(29-20-19-24-12-5-7-16-28(24)30-29)21-25-14-8-13-23-11-4-6-15-27(23)25/h2,4-9,11-20H,1,3,10,21H2/b22-17-,26-18+. The van der Waals surface area contributed by atoms with Crippen LogP contribution in [0.2, 0.25) is 0 Å². The molecule has 30 heavy (non-hydrogen) atoms. The van der Waals surface area contributed by atoms with Gasteiger partial charge in [-0.15, -0.1) is 0 Å². The number of hydrogen-bond acceptors (Lipinski definition) is 1. The normalized spacial score (nSPS) is 15.9. The van der Waals surface area contributed by atoms with Crippen LogP contribution in [0.3, 0.4) is 0 Å². The molecule has 0 N–H and O–H groups in total. The first-order chi connectivity index (χ1) is 14.9. The average molecular weight is 388 g/mol. The minimum Gasteiger partial charge on any atom is -0.248 e. The first-order valence-electron chi connectivity index (χ1n) is 10.8. The van der Waals surface area contributed by atoms with E-state index in [2.05, 4.69) is 103 Å². The van der Waals surface area contributed by atoms with Gasteiger partial charge in [-0.25, -0.2) is 4.98 Å². The quantitative estimate of drug-likeness (QED) is 0.350. The van der Waals surface area contributed by atoms with E-state index in [9.17, 15) is 0 Å². The molecule has 0 saturated carbocycles. The van der Waals surface area contributed by atoms with E-state index < -0.39 is 0 Å². The van der Waals surface area contributed by atoms with E-state index in [4.69, 9.17) is 4.98 Å². The summed E-state index contributed by atoms with van der Waals surface area (Å²) in [5.74, 6) is 0. The van der Waals surface area contributed by atoms with E-state index in [0.717, 1.165) is 24.1 Å². The topological polar surface area (TPSA) is 12.9 Å². The van der Waals surface area contributed by atoms with Crippen molar-refractivity contribution >= 4 is 27.2 Å². The van der Waals surface area contributed by atoms with Crippen molar-refractivity contribution in [3.8, 4) is 0 Å².